The zero-order valence-corrected chi connectivity index (χ0v) is 19.2. The summed E-state index contributed by atoms with van der Waals surface area (Å²) in [4.78, 5) is 15.5. The minimum Gasteiger partial charge on any atom is -0.502 e. The van der Waals surface area contributed by atoms with E-state index in [4.69, 9.17) is 16.0 Å². The van der Waals surface area contributed by atoms with Crippen LogP contribution >= 0.6 is 22.9 Å². The van der Waals surface area contributed by atoms with Gasteiger partial charge < -0.3 is 9.52 Å². The number of aromatic nitrogens is 1. The molecular weight excluding hydrogens is 495 g/mol. The van der Waals surface area contributed by atoms with Gasteiger partial charge in [-0.3, -0.25) is 10.1 Å². The largest absolute Gasteiger partial charge is 0.502 e. The van der Waals surface area contributed by atoms with E-state index in [0.29, 0.717) is 27.5 Å². The summed E-state index contributed by atoms with van der Waals surface area (Å²) >= 11 is 7.27. The standard InChI is InChI=1S/C24H14ClFN4O4S/c25-16-9-15(23(31)19(11-16)30(32)33)12-27-29-20(22-10-14-3-1-2-4-21(14)34-22)13-35-24(29)28-18-7-5-17(26)6-8-18/h1-13,31H. The number of halogens is 2. The quantitative estimate of drug-likeness (QED) is 0.166. The Labute approximate surface area is 205 Å². The third-order valence-corrected chi connectivity index (χ3v) is 6.04. The van der Waals surface area contributed by atoms with Crippen LogP contribution in [0.1, 0.15) is 5.56 Å². The minimum absolute atomic E-state index is 0.0474. The Balaban J connectivity index is 1.67. The Morgan fingerprint density at radius 1 is 1.14 bits per heavy atom. The van der Waals surface area contributed by atoms with Crippen LogP contribution in [-0.2, 0) is 0 Å². The molecule has 0 saturated heterocycles. The van der Waals surface area contributed by atoms with Gasteiger partial charge >= 0.3 is 5.69 Å². The topological polar surface area (TPSA) is 106 Å². The van der Waals surface area contributed by atoms with Gasteiger partial charge in [-0.25, -0.2) is 14.1 Å². The average molecular weight is 509 g/mol. The minimum atomic E-state index is -0.731. The van der Waals surface area contributed by atoms with Gasteiger partial charge in [-0.2, -0.15) is 5.10 Å². The van der Waals surface area contributed by atoms with Crippen molar-refractivity contribution >= 4 is 51.5 Å². The van der Waals surface area contributed by atoms with E-state index in [9.17, 15) is 19.6 Å². The van der Waals surface area contributed by atoms with Gasteiger partial charge in [0.1, 0.15) is 17.1 Å². The predicted octanol–water partition coefficient (Wildman–Crippen LogP) is 6.48. The lowest BCUT2D eigenvalue weighted by molar-refractivity contribution is -0.385. The SMILES string of the molecule is O=[N+]([O-])c1cc(Cl)cc(C=Nn2c(-c3cc4ccccc4o3)csc2=Nc2ccc(F)cc2)c1O. The van der Waals surface area contributed by atoms with Gasteiger partial charge in [-0.15, -0.1) is 11.3 Å². The van der Waals surface area contributed by atoms with Crippen LogP contribution in [0.3, 0.4) is 0 Å². The highest BCUT2D eigenvalue weighted by molar-refractivity contribution is 7.07. The van der Waals surface area contributed by atoms with Crippen LogP contribution in [-0.4, -0.2) is 20.9 Å². The van der Waals surface area contributed by atoms with Crippen LogP contribution in [0.4, 0.5) is 15.8 Å². The maximum Gasteiger partial charge on any atom is 0.312 e. The van der Waals surface area contributed by atoms with Gasteiger partial charge in [-0.05, 0) is 42.5 Å². The summed E-state index contributed by atoms with van der Waals surface area (Å²) in [6, 6.07) is 17.4. The molecular formula is C24H14ClFN4O4S. The van der Waals surface area contributed by atoms with Gasteiger partial charge in [0.2, 0.25) is 10.6 Å². The molecule has 0 fully saturated rings. The highest BCUT2D eigenvalue weighted by Gasteiger charge is 2.18. The number of thiazole rings is 1. The smallest absolute Gasteiger partial charge is 0.312 e. The number of nitro groups is 1. The number of nitrogens with zero attached hydrogens (tertiary/aromatic N) is 4. The Kier molecular flexibility index (Phi) is 5.89. The van der Waals surface area contributed by atoms with Gasteiger partial charge in [-0.1, -0.05) is 29.8 Å². The number of furan rings is 1. The number of hydrogen-bond donors (Lipinski definition) is 1. The maximum absolute atomic E-state index is 13.3. The monoisotopic (exact) mass is 508 g/mol. The van der Waals surface area contributed by atoms with Crippen LogP contribution < -0.4 is 4.80 Å². The van der Waals surface area contributed by atoms with E-state index in [2.05, 4.69) is 10.1 Å². The summed E-state index contributed by atoms with van der Waals surface area (Å²) in [5, 5.41) is 28.8. The number of nitro benzene ring substituents is 1. The van der Waals surface area contributed by atoms with E-state index in [0.717, 1.165) is 11.5 Å². The Morgan fingerprint density at radius 3 is 2.66 bits per heavy atom. The highest BCUT2D eigenvalue weighted by Crippen LogP contribution is 2.33. The molecule has 0 aliphatic heterocycles. The fraction of sp³-hybridized carbons (Fsp3) is 0. The molecule has 0 amide bonds. The van der Waals surface area contributed by atoms with Crippen LogP contribution in [0, 0.1) is 15.9 Å². The normalized spacial score (nSPS) is 12.1. The fourth-order valence-corrected chi connectivity index (χ4v) is 4.41. The van der Waals surface area contributed by atoms with Crippen LogP contribution in [0.2, 0.25) is 5.02 Å². The molecule has 0 aliphatic rings. The van der Waals surface area contributed by atoms with Crippen LogP contribution in [0.25, 0.3) is 22.4 Å². The zero-order valence-electron chi connectivity index (χ0n) is 17.6. The summed E-state index contributed by atoms with van der Waals surface area (Å²) in [6.07, 6.45) is 1.25. The number of fused-ring (bicyclic) bond motifs is 1. The van der Waals surface area contributed by atoms with Gasteiger partial charge in [0.05, 0.1) is 16.8 Å². The molecule has 0 bridgehead atoms. The van der Waals surface area contributed by atoms with Crippen molar-refractivity contribution in [1.29, 1.82) is 0 Å². The van der Waals surface area contributed by atoms with Crippen molar-refractivity contribution in [3.8, 4) is 17.2 Å². The summed E-state index contributed by atoms with van der Waals surface area (Å²) < 4.78 is 20.8. The summed E-state index contributed by atoms with van der Waals surface area (Å²) in [5.74, 6) is -0.440. The zero-order chi connectivity index (χ0) is 24.5. The average Bonchev–Trinajstić information content (AvgIpc) is 3.44. The maximum atomic E-state index is 13.3. The summed E-state index contributed by atoms with van der Waals surface area (Å²) in [6.45, 7) is 0. The Morgan fingerprint density at radius 2 is 1.91 bits per heavy atom. The number of phenolic OH excluding ortho intramolecular Hbond substituents is 1. The third-order valence-electron chi connectivity index (χ3n) is 5.01. The predicted molar refractivity (Wildman–Crippen MR) is 132 cm³/mol. The number of benzene rings is 3. The first-order chi connectivity index (χ1) is 16.9. The molecule has 35 heavy (non-hydrogen) atoms. The number of hydrogen-bond acceptors (Lipinski definition) is 7. The molecule has 0 aliphatic carbocycles. The summed E-state index contributed by atoms with van der Waals surface area (Å²) in [7, 11) is 0. The lowest BCUT2D eigenvalue weighted by Crippen LogP contribution is -2.11. The van der Waals surface area contributed by atoms with Crippen molar-refractivity contribution in [3.05, 3.63) is 103 Å². The molecule has 1 N–H and O–H groups in total. The van der Waals surface area contributed by atoms with E-state index in [1.54, 1.807) is 5.38 Å². The fourth-order valence-electron chi connectivity index (χ4n) is 3.36. The number of para-hydroxylation sites is 1. The molecule has 5 rings (SSSR count). The molecule has 0 atom stereocenters. The van der Waals surface area contributed by atoms with Crippen molar-refractivity contribution < 1.29 is 18.8 Å². The number of phenols is 1. The van der Waals surface area contributed by atoms with Crippen molar-refractivity contribution in [2.45, 2.75) is 0 Å². The Bertz CT molecular complexity index is 1640. The lowest BCUT2D eigenvalue weighted by Gasteiger charge is -2.03. The van der Waals surface area contributed by atoms with E-state index in [1.165, 1.54) is 52.6 Å². The lowest BCUT2D eigenvalue weighted by atomic mass is 10.2. The van der Waals surface area contributed by atoms with Gasteiger partial charge in [0.15, 0.2) is 5.76 Å². The van der Waals surface area contributed by atoms with Gasteiger partial charge in [0, 0.05) is 27.4 Å². The van der Waals surface area contributed by atoms with Crippen molar-refractivity contribution in [1.82, 2.24) is 4.68 Å². The summed E-state index contributed by atoms with van der Waals surface area (Å²) in [5.41, 5.74) is 1.24. The number of aromatic hydroxyl groups is 1. The van der Waals surface area contributed by atoms with Crippen LogP contribution in [0.15, 0.2) is 86.6 Å². The van der Waals surface area contributed by atoms with E-state index in [-0.39, 0.29) is 16.4 Å². The molecule has 5 aromatic rings. The van der Waals surface area contributed by atoms with Crippen molar-refractivity contribution in [3.63, 3.8) is 0 Å². The molecule has 0 spiro atoms. The Hall–Kier alpha value is -4.28. The van der Waals surface area contributed by atoms with Gasteiger partial charge in [0.25, 0.3) is 0 Å². The number of rotatable bonds is 5. The van der Waals surface area contributed by atoms with E-state index < -0.39 is 16.4 Å². The molecule has 174 valence electrons. The second-order valence-electron chi connectivity index (χ2n) is 7.32. The molecule has 8 nitrogen and oxygen atoms in total. The third kappa shape index (κ3) is 4.57. The molecule has 2 heterocycles. The second kappa shape index (κ2) is 9.16. The molecule has 2 aromatic heterocycles. The van der Waals surface area contributed by atoms with E-state index >= 15 is 0 Å². The molecule has 0 radical (unpaired) electrons. The van der Waals surface area contributed by atoms with Crippen molar-refractivity contribution in [2.24, 2.45) is 10.1 Å². The highest BCUT2D eigenvalue weighted by atomic mass is 35.5. The molecule has 11 heteroatoms. The first-order valence-electron chi connectivity index (χ1n) is 10.1. The first-order valence-corrected chi connectivity index (χ1v) is 11.4. The molecule has 3 aromatic carbocycles. The first kappa shape index (κ1) is 22.5. The van der Waals surface area contributed by atoms with Crippen molar-refractivity contribution in [2.75, 3.05) is 0 Å². The molecule has 0 unspecified atom stereocenters. The molecule has 0 saturated carbocycles. The van der Waals surface area contributed by atoms with E-state index in [1.807, 2.05) is 30.3 Å². The van der Waals surface area contributed by atoms with Crippen LogP contribution in [0.5, 0.6) is 5.75 Å². The second-order valence-corrected chi connectivity index (χ2v) is 8.59.